The van der Waals surface area contributed by atoms with E-state index in [0.717, 1.165) is 5.56 Å². The molecule has 0 atom stereocenters. The summed E-state index contributed by atoms with van der Waals surface area (Å²) in [5, 5.41) is 2.82. The van der Waals surface area contributed by atoms with Crippen LogP contribution in [0.15, 0.2) is 78.9 Å². The zero-order valence-corrected chi connectivity index (χ0v) is 15.4. The van der Waals surface area contributed by atoms with Crippen molar-refractivity contribution in [3.8, 4) is 0 Å². The highest BCUT2D eigenvalue weighted by molar-refractivity contribution is 6.34. The van der Waals surface area contributed by atoms with E-state index in [9.17, 15) is 14.4 Å². The second-order valence-corrected chi connectivity index (χ2v) is 7.07. The molecule has 0 spiro atoms. The first-order chi connectivity index (χ1) is 13.5. The summed E-state index contributed by atoms with van der Waals surface area (Å²) < 4.78 is 0. The predicted molar refractivity (Wildman–Crippen MR) is 108 cm³/mol. The first-order valence-electron chi connectivity index (χ1n) is 9.13. The molecule has 0 aromatic heterocycles. The van der Waals surface area contributed by atoms with Crippen molar-refractivity contribution in [3.05, 3.63) is 101 Å². The number of hydrogen-bond acceptors (Lipinski definition) is 3. The van der Waals surface area contributed by atoms with E-state index in [1.807, 2.05) is 25.1 Å². The summed E-state index contributed by atoms with van der Waals surface area (Å²) in [5.74, 6) is -1.01. The standard InChI is InChI=1S/C24H19NO3/c1-16-11-13-18(14-12-16)25-21(26)15-24(17-7-3-2-4-8-17)22(27)19-9-5-6-10-20(19)23(24)28/h2-14H,15H2,1H3,(H,25,26). The largest absolute Gasteiger partial charge is 0.326 e. The van der Waals surface area contributed by atoms with Gasteiger partial charge < -0.3 is 5.32 Å². The minimum absolute atomic E-state index is 0.239. The van der Waals surface area contributed by atoms with Crippen LogP contribution in [0.3, 0.4) is 0 Å². The van der Waals surface area contributed by atoms with Crippen LogP contribution in [-0.2, 0) is 10.2 Å². The normalized spacial score (nSPS) is 14.6. The minimum Gasteiger partial charge on any atom is -0.326 e. The lowest BCUT2D eigenvalue weighted by Crippen LogP contribution is -2.41. The average molecular weight is 369 g/mol. The molecule has 138 valence electrons. The molecule has 0 aliphatic heterocycles. The van der Waals surface area contributed by atoms with E-state index in [1.165, 1.54) is 0 Å². The van der Waals surface area contributed by atoms with Crippen LogP contribution in [0.1, 0.15) is 38.3 Å². The highest BCUT2D eigenvalue weighted by atomic mass is 16.2. The van der Waals surface area contributed by atoms with E-state index >= 15 is 0 Å². The summed E-state index contributed by atoms with van der Waals surface area (Å²) in [4.78, 5) is 39.6. The lowest BCUT2D eigenvalue weighted by atomic mass is 9.73. The van der Waals surface area contributed by atoms with Crippen molar-refractivity contribution in [1.29, 1.82) is 0 Å². The first-order valence-corrected chi connectivity index (χ1v) is 9.13. The number of hydrogen-bond donors (Lipinski definition) is 1. The van der Waals surface area contributed by atoms with Gasteiger partial charge in [-0.15, -0.1) is 0 Å². The van der Waals surface area contributed by atoms with Gasteiger partial charge in [0.25, 0.3) is 0 Å². The Labute approximate surface area is 163 Å². The maximum absolute atomic E-state index is 13.4. The maximum atomic E-state index is 13.4. The molecule has 0 radical (unpaired) electrons. The third-order valence-corrected chi connectivity index (χ3v) is 5.22. The van der Waals surface area contributed by atoms with Crippen molar-refractivity contribution in [2.24, 2.45) is 0 Å². The van der Waals surface area contributed by atoms with Crippen LogP contribution in [0.5, 0.6) is 0 Å². The zero-order chi connectivity index (χ0) is 19.7. The number of carbonyl (C=O) groups is 3. The van der Waals surface area contributed by atoms with Gasteiger partial charge in [-0.1, -0.05) is 72.3 Å². The molecule has 1 aliphatic carbocycles. The summed E-state index contributed by atoms with van der Waals surface area (Å²) in [6.45, 7) is 1.96. The summed E-state index contributed by atoms with van der Waals surface area (Å²) >= 11 is 0. The maximum Gasteiger partial charge on any atom is 0.226 e. The summed E-state index contributed by atoms with van der Waals surface area (Å²) in [6, 6.07) is 23.0. The highest BCUT2D eigenvalue weighted by Crippen LogP contribution is 2.42. The lowest BCUT2D eigenvalue weighted by Gasteiger charge is -2.26. The van der Waals surface area contributed by atoms with Gasteiger partial charge in [0.15, 0.2) is 11.6 Å². The van der Waals surface area contributed by atoms with Gasteiger partial charge in [0.2, 0.25) is 5.91 Å². The number of benzene rings is 3. The highest BCUT2D eigenvalue weighted by Gasteiger charge is 2.55. The van der Waals surface area contributed by atoms with Gasteiger partial charge in [0, 0.05) is 16.8 Å². The number of nitrogens with one attached hydrogen (secondary N) is 1. The van der Waals surface area contributed by atoms with Crippen LogP contribution in [0.25, 0.3) is 0 Å². The molecular formula is C24H19NO3. The third kappa shape index (κ3) is 2.83. The van der Waals surface area contributed by atoms with Crippen molar-refractivity contribution in [2.45, 2.75) is 18.8 Å². The van der Waals surface area contributed by atoms with Gasteiger partial charge in [0.05, 0.1) is 6.42 Å². The molecule has 0 fully saturated rings. The van der Waals surface area contributed by atoms with Crippen LogP contribution < -0.4 is 5.32 Å². The smallest absolute Gasteiger partial charge is 0.226 e. The fourth-order valence-electron chi connectivity index (χ4n) is 3.77. The molecule has 4 nitrogen and oxygen atoms in total. The average Bonchev–Trinajstić information content (AvgIpc) is 2.93. The summed E-state index contributed by atoms with van der Waals surface area (Å²) in [7, 11) is 0. The molecule has 1 aliphatic rings. The molecule has 4 heteroatoms. The first kappa shape index (κ1) is 17.9. The van der Waals surface area contributed by atoms with E-state index in [-0.39, 0.29) is 23.9 Å². The van der Waals surface area contributed by atoms with Crippen LogP contribution in [0.2, 0.25) is 0 Å². The molecule has 4 rings (SSSR count). The number of Topliss-reactive ketones (excluding diaryl/α,β-unsaturated/α-hetero) is 2. The van der Waals surface area contributed by atoms with Crippen LogP contribution >= 0.6 is 0 Å². The number of amides is 1. The Morgan fingerprint density at radius 2 is 1.32 bits per heavy atom. The number of fused-ring (bicyclic) bond motifs is 1. The van der Waals surface area contributed by atoms with Gasteiger partial charge in [-0.05, 0) is 24.6 Å². The van der Waals surface area contributed by atoms with Gasteiger partial charge in [-0.3, -0.25) is 14.4 Å². The van der Waals surface area contributed by atoms with Crippen molar-refractivity contribution in [2.75, 3.05) is 5.32 Å². The fraction of sp³-hybridized carbons (Fsp3) is 0.125. The Kier molecular flexibility index (Phi) is 4.40. The number of aryl methyl sites for hydroxylation is 1. The molecule has 0 saturated carbocycles. The zero-order valence-electron chi connectivity index (χ0n) is 15.4. The van der Waals surface area contributed by atoms with Gasteiger partial charge >= 0.3 is 0 Å². The molecule has 3 aromatic carbocycles. The van der Waals surface area contributed by atoms with Gasteiger partial charge in [-0.25, -0.2) is 0 Å². The lowest BCUT2D eigenvalue weighted by molar-refractivity contribution is -0.116. The topological polar surface area (TPSA) is 63.2 Å². The molecule has 0 saturated heterocycles. The van der Waals surface area contributed by atoms with Crippen molar-refractivity contribution < 1.29 is 14.4 Å². The quantitative estimate of drug-likeness (QED) is 0.696. The van der Waals surface area contributed by atoms with E-state index in [0.29, 0.717) is 22.4 Å². The second-order valence-electron chi connectivity index (χ2n) is 7.07. The Morgan fingerprint density at radius 1 is 0.786 bits per heavy atom. The molecular weight excluding hydrogens is 350 g/mol. The van der Waals surface area contributed by atoms with Crippen molar-refractivity contribution in [1.82, 2.24) is 0 Å². The Morgan fingerprint density at radius 3 is 1.89 bits per heavy atom. The van der Waals surface area contributed by atoms with E-state index in [2.05, 4.69) is 5.32 Å². The van der Waals surface area contributed by atoms with Crippen molar-refractivity contribution in [3.63, 3.8) is 0 Å². The van der Waals surface area contributed by atoms with Crippen LogP contribution in [0, 0.1) is 6.92 Å². The predicted octanol–water partition coefficient (Wildman–Crippen LogP) is 4.34. The van der Waals surface area contributed by atoms with Gasteiger partial charge in [0.1, 0.15) is 5.41 Å². The van der Waals surface area contributed by atoms with E-state index in [1.54, 1.807) is 60.7 Å². The van der Waals surface area contributed by atoms with Crippen LogP contribution in [0.4, 0.5) is 5.69 Å². The number of ketones is 2. The number of anilines is 1. The molecule has 0 unspecified atom stereocenters. The third-order valence-electron chi connectivity index (χ3n) is 5.22. The Hall–Kier alpha value is -3.53. The van der Waals surface area contributed by atoms with Crippen molar-refractivity contribution >= 4 is 23.2 Å². The summed E-state index contributed by atoms with van der Waals surface area (Å²) in [5.41, 5.74) is 1.48. The molecule has 3 aromatic rings. The molecule has 28 heavy (non-hydrogen) atoms. The second kappa shape index (κ2) is 6.89. The number of carbonyl (C=O) groups excluding carboxylic acids is 3. The molecule has 1 N–H and O–H groups in total. The SMILES string of the molecule is Cc1ccc(NC(=O)CC2(c3ccccc3)C(=O)c3ccccc3C2=O)cc1. The monoisotopic (exact) mass is 369 g/mol. The number of rotatable bonds is 4. The fourth-order valence-corrected chi connectivity index (χ4v) is 3.77. The van der Waals surface area contributed by atoms with Crippen LogP contribution in [-0.4, -0.2) is 17.5 Å². The molecule has 0 heterocycles. The van der Waals surface area contributed by atoms with Gasteiger partial charge in [-0.2, -0.15) is 0 Å². The molecule has 1 amide bonds. The van der Waals surface area contributed by atoms with E-state index < -0.39 is 5.41 Å². The summed E-state index contributed by atoms with van der Waals surface area (Å²) in [6.07, 6.45) is -0.239. The Balaban J connectivity index is 1.74. The Bertz CT molecular complexity index is 1030. The van der Waals surface area contributed by atoms with E-state index in [4.69, 9.17) is 0 Å². The molecule has 0 bridgehead atoms. The minimum atomic E-state index is -1.53.